The van der Waals surface area contributed by atoms with Gasteiger partial charge in [0.15, 0.2) is 0 Å². The summed E-state index contributed by atoms with van der Waals surface area (Å²) in [6.45, 7) is 4.82. The maximum Gasteiger partial charge on any atom is 0.243 e. The van der Waals surface area contributed by atoms with Crippen LogP contribution in [0.5, 0.6) is 0 Å². The first-order valence-electron chi connectivity index (χ1n) is 6.44. The average molecular weight is 283 g/mol. The van der Waals surface area contributed by atoms with Gasteiger partial charge in [0.05, 0.1) is 4.90 Å². The molecule has 1 heterocycles. The van der Waals surface area contributed by atoms with Crippen LogP contribution < -0.4 is 5.73 Å². The lowest BCUT2D eigenvalue weighted by Crippen LogP contribution is -2.47. The smallest absolute Gasteiger partial charge is 0.243 e. The molecule has 19 heavy (non-hydrogen) atoms. The first kappa shape index (κ1) is 14.5. The number of nitrogens with zero attached hydrogens (tertiary/aromatic N) is 2. The van der Waals surface area contributed by atoms with Crippen molar-refractivity contribution in [3.05, 3.63) is 29.3 Å². The molecule has 1 aliphatic heterocycles. The van der Waals surface area contributed by atoms with E-state index in [1.165, 1.54) is 0 Å². The van der Waals surface area contributed by atoms with E-state index in [1.54, 1.807) is 16.4 Å². The molecule has 0 aliphatic carbocycles. The Bertz CT molecular complexity index is 549. The molecule has 1 aliphatic rings. The molecule has 1 fully saturated rings. The number of likely N-dealkylation sites (N-methyl/N-ethyl adjacent to an activating group) is 1. The third kappa shape index (κ3) is 2.81. The first-order valence-corrected chi connectivity index (χ1v) is 7.88. The Morgan fingerprint density at radius 3 is 2.42 bits per heavy atom. The van der Waals surface area contributed by atoms with Crippen LogP contribution in [0, 0.1) is 6.92 Å². The van der Waals surface area contributed by atoms with E-state index >= 15 is 0 Å². The molecule has 0 atom stereocenters. The molecule has 6 heteroatoms. The van der Waals surface area contributed by atoms with Crippen LogP contribution >= 0.6 is 0 Å². The summed E-state index contributed by atoms with van der Waals surface area (Å²) in [5, 5.41) is 0. The standard InChI is InChI=1S/C13H21N3O2S/c1-11-12(10-14)4-3-5-13(11)19(17,18)16-8-6-15(2)7-9-16/h3-5H,6-10,14H2,1-2H3. The second kappa shape index (κ2) is 5.58. The molecule has 5 nitrogen and oxygen atoms in total. The molecule has 0 unspecified atom stereocenters. The van der Waals surface area contributed by atoms with E-state index in [2.05, 4.69) is 4.90 Å². The number of sulfonamides is 1. The van der Waals surface area contributed by atoms with Crippen LogP contribution in [-0.2, 0) is 16.6 Å². The van der Waals surface area contributed by atoms with Crippen molar-refractivity contribution in [1.29, 1.82) is 0 Å². The minimum absolute atomic E-state index is 0.359. The summed E-state index contributed by atoms with van der Waals surface area (Å²) in [4.78, 5) is 2.52. The van der Waals surface area contributed by atoms with Gasteiger partial charge in [-0.3, -0.25) is 0 Å². The molecular formula is C13H21N3O2S. The predicted molar refractivity (Wildman–Crippen MR) is 75.3 cm³/mol. The Morgan fingerprint density at radius 1 is 1.21 bits per heavy atom. The van der Waals surface area contributed by atoms with Crippen molar-refractivity contribution in [2.45, 2.75) is 18.4 Å². The van der Waals surface area contributed by atoms with Crippen molar-refractivity contribution in [2.75, 3.05) is 33.2 Å². The molecule has 0 saturated carbocycles. The Morgan fingerprint density at radius 2 is 1.84 bits per heavy atom. The van der Waals surface area contributed by atoms with Crippen molar-refractivity contribution < 1.29 is 8.42 Å². The number of hydrogen-bond donors (Lipinski definition) is 1. The summed E-state index contributed by atoms with van der Waals surface area (Å²) in [6, 6.07) is 5.30. The highest BCUT2D eigenvalue weighted by Crippen LogP contribution is 2.23. The maximum absolute atomic E-state index is 12.6. The molecule has 0 amide bonds. The highest BCUT2D eigenvalue weighted by molar-refractivity contribution is 7.89. The lowest BCUT2D eigenvalue weighted by molar-refractivity contribution is 0.222. The molecule has 106 valence electrons. The summed E-state index contributed by atoms with van der Waals surface area (Å²) >= 11 is 0. The Kier molecular flexibility index (Phi) is 4.25. The van der Waals surface area contributed by atoms with Gasteiger partial charge in [-0.25, -0.2) is 8.42 Å². The van der Waals surface area contributed by atoms with Crippen LogP contribution in [0.3, 0.4) is 0 Å². The van der Waals surface area contributed by atoms with Gasteiger partial charge in [-0.05, 0) is 31.2 Å². The Balaban J connectivity index is 2.35. The fraction of sp³-hybridized carbons (Fsp3) is 0.538. The van der Waals surface area contributed by atoms with Crippen molar-refractivity contribution in [2.24, 2.45) is 5.73 Å². The lowest BCUT2D eigenvalue weighted by Gasteiger charge is -2.32. The quantitative estimate of drug-likeness (QED) is 0.871. The number of nitrogens with two attached hydrogens (primary N) is 1. The molecule has 1 saturated heterocycles. The van der Waals surface area contributed by atoms with E-state index < -0.39 is 10.0 Å². The monoisotopic (exact) mass is 283 g/mol. The zero-order chi connectivity index (χ0) is 14.0. The zero-order valence-electron chi connectivity index (χ0n) is 11.5. The van der Waals surface area contributed by atoms with Crippen LogP contribution in [-0.4, -0.2) is 50.8 Å². The maximum atomic E-state index is 12.6. The fourth-order valence-electron chi connectivity index (χ4n) is 2.33. The van der Waals surface area contributed by atoms with Crippen molar-refractivity contribution >= 4 is 10.0 Å². The second-order valence-corrected chi connectivity index (χ2v) is 6.86. The largest absolute Gasteiger partial charge is 0.326 e. The second-order valence-electron chi connectivity index (χ2n) is 4.95. The van der Waals surface area contributed by atoms with Crippen molar-refractivity contribution in [3.63, 3.8) is 0 Å². The van der Waals surface area contributed by atoms with E-state index in [0.29, 0.717) is 24.5 Å². The van der Waals surface area contributed by atoms with Crippen LogP contribution in [0.15, 0.2) is 23.1 Å². The molecule has 0 bridgehead atoms. The van der Waals surface area contributed by atoms with E-state index in [9.17, 15) is 8.42 Å². The molecule has 1 aromatic carbocycles. The van der Waals surface area contributed by atoms with E-state index in [0.717, 1.165) is 24.2 Å². The number of benzene rings is 1. The first-order chi connectivity index (χ1) is 8.96. The third-order valence-corrected chi connectivity index (χ3v) is 5.74. The highest BCUT2D eigenvalue weighted by atomic mass is 32.2. The molecule has 1 aromatic rings. The Hall–Kier alpha value is -0.950. The summed E-state index contributed by atoms with van der Waals surface area (Å²) in [5.74, 6) is 0. The van der Waals surface area contributed by atoms with E-state index in [1.807, 2.05) is 20.0 Å². The number of hydrogen-bond acceptors (Lipinski definition) is 4. The van der Waals surface area contributed by atoms with Crippen LogP contribution in [0.25, 0.3) is 0 Å². The SMILES string of the molecule is Cc1c(CN)cccc1S(=O)(=O)N1CCN(C)CC1. The van der Waals surface area contributed by atoms with Gasteiger partial charge in [0, 0.05) is 32.7 Å². The van der Waals surface area contributed by atoms with Gasteiger partial charge >= 0.3 is 0 Å². The van der Waals surface area contributed by atoms with Gasteiger partial charge in [0.1, 0.15) is 0 Å². The lowest BCUT2D eigenvalue weighted by atomic mass is 10.1. The summed E-state index contributed by atoms with van der Waals surface area (Å²) in [5.41, 5.74) is 7.30. The number of rotatable bonds is 3. The van der Waals surface area contributed by atoms with Crippen molar-refractivity contribution in [1.82, 2.24) is 9.21 Å². The van der Waals surface area contributed by atoms with Gasteiger partial charge in [-0.15, -0.1) is 0 Å². The van der Waals surface area contributed by atoms with Crippen LogP contribution in [0.4, 0.5) is 0 Å². The predicted octanol–water partition coefficient (Wildman–Crippen LogP) is 0.390. The van der Waals surface area contributed by atoms with Gasteiger partial charge in [0.2, 0.25) is 10.0 Å². The minimum atomic E-state index is -3.40. The summed E-state index contributed by atoms with van der Waals surface area (Å²) in [7, 11) is -1.39. The van der Waals surface area contributed by atoms with Gasteiger partial charge in [-0.2, -0.15) is 4.31 Å². The molecule has 2 rings (SSSR count). The summed E-state index contributed by atoms with van der Waals surface area (Å²) < 4.78 is 26.9. The topological polar surface area (TPSA) is 66.6 Å². The third-order valence-electron chi connectivity index (χ3n) is 3.70. The molecule has 0 radical (unpaired) electrons. The molecule has 0 aromatic heterocycles. The normalized spacial score (nSPS) is 18.7. The minimum Gasteiger partial charge on any atom is -0.326 e. The van der Waals surface area contributed by atoms with Crippen LogP contribution in [0.2, 0.25) is 0 Å². The van der Waals surface area contributed by atoms with E-state index in [4.69, 9.17) is 5.73 Å². The molecule has 2 N–H and O–H groups in total. The number of piperazine rings is 1. The summed E-state index contributed by atoms with van der Waals surface area (Å²) in [6.07, 6.45) is 0. The molecule has 0 spiro atoms. The van der Waals surface area contributed by atoms with Gasteiger partial charge in [0.25, 0.3) is 0 Å². The Labute approximate surface area is 115 Å². The van der Waals surface area contributed by atoms with Crippen LogP contribution in [0.1, 0.15) is 11.1 Å². The fourth-order valence-corrected chi connectivity index (χ4v) is 4.02. The highest BCUT2D eigenvalue weighted by Gasteiger charge is 2.28. The van der Waals surface area contributed by atoms with Gasteiger partial charge < -0.3 is 10.6 Å². The van der Waals surface area contributed by atoms with E-state index in [-0.39, 0.29) is 0 Å². The van der Waals surface area contributed by atoms with Gasteiger partial charge in [-0.1, -0.05) is 12.1 Å². The average Bonchev–Trinajstić information content (AvgIpc) is 2.39. The van der Waals surface area contributed by atoms with Crippen molar-refractivity contribution in [3.8, 4) is 0 Å². The zero-order valence-corrected chi connectivity index (χ0v) is 12.3. The molecular weight excluding hydrogens is 262 g/mol.